The molecule has 0 bridgehead atoms. The molecule has 0 spiro atoms. The zero-order chi connectivity index (χ0) is 19.4. The molecule has 0 aliphatic rings. The molecule has 1 N–H and O–H groups in total. The maximum absolute atomic E-state index is 12.5. The lowest BCUT2D eigenvalue weighted by atomic mass is 10.1. The number of hydrogen-bond acceptors (Lipinski definition) is 2. The van der Waals surface area contributed by atoms with Crippen LogP contribution in [0.2, 0.25) is 0 Å². The molecule has 0 atom stereocenters. The number of aryl methyl sites for hydroxylation is 2. The summed E-state index contributed by atoms with van der Waals surface area (Å²) in [6.07, 6.45) is 1.65. The molecule has 0 aliphatic heterocycles. The van der Waals surface area contributed by atoms with E-state index in [0.29, 0.717) is 5.69 Å². The first kappa shape index (κ1) is 18.2. The fraction of sp³-hybridized carbons (Fsp3) is 0.130. The van der Waals surface area contributed by atoms with Crippen LogP contribution in [0.3, 0.4) is 0 Å². The Morgan fingerprint density at radius 1 is 1.04 bits per heavy atom. The lowest BCUT2D eigenvalue weighted by molar-refractivity contribution is -0.112. The zero-order valence-corrected chi connectivity index (χ0v) is 15.7. The van der Waals surface area contributed by atoms with Gasteiger partial charge in [0.25, 0.3) is 5.91 Å². The summed E-state index contributed by atoms with van der Waals surface area (Å²) in [6.45, 7) is 6.06. The summed E-state index contributed by atoms with van der Waals surface area (Å²) in [4.78, 5) is 12.5. The lowest BCUT2D eigenvalue weighted by Gasteiger charge is -2.10. The maximum atomic E-state index is 12.5. The molecule has 0 saturated carbocycles. The van der Waals surface area contributed by atoms with E-state index in [9.17, 15) is 10.1 Å². The third-order valence-electron chi connectivity index (χ3n) is 4.43. The average Bonchev–Trinajstić information content (AvgIpc) is 2.93. The van der Waals surface area contributed by atoms with E-state index in [1.807, 2.05) is 56.3 Å². The minimum Gasteiger partial charge on any atom is -0.321 e. The molecule has 4 heteroatoms. The van der Waals surface area contributed by atoms with E-state index in [1.165, 1.54) is 5.56 Å². The zero-order valence-electron chi connectivity index (χ0n) is 15.7. The minimum absolute atomic E-state index is 0.0725. The number of carbonyl (C=O) groups is 1. The lowest BCUT2D eigenvalue weighted by Crippen LogP contribution is -2.13. The van der Waals surface area contributed by atoms with E-state index < -0.39 is 5.91 Å². The molecule has 134 valence electrons. The normalized spacial score (nSPS) is 11.1. The number of benzene rings is 2. The summed E-state index contributed by atoms with van der Waals surface area (Å²) in [5, 5.41) is 12.2. The highest BCUT2D eigenvalue weighted by Gasteiger charge is 2.14. The van der Waals surface area contributed by atoms with Gasteiger partial charge in [0, 0.05) is 22.8 Å². The van der Waals surface area contributed by atoms with Gasteiger partial charge in [0.1, 0.15) is 11.6 Å². The van der Waals surface area contributed by atoms with E-state index in [0.717, 1.165) is 22.6 Å². The van der Waals surface area contributed by atoms with Crippen LogP contribution in [0.1, 0.15) is 22.5 Å². The Morgan fingerprint density at radius 3 is 2.44 bits per heavy atom. The molecular formula is C23H21N3O. The average molecular weight is 355 g/mol. The van der Waals surface area contributed by atoms with Crippen molar-refractivity contribution < 1.29 is 4.79 Å². The van der Waals surface area contributed by atoms with Gasteiger partial charge in [-0.3, -0.25) is 4.79 Å². The fourth-order valence-corrected chi connectivity index (χ4v) is 3.12. The topological polar surface area (TPSA) is 57.8 Å². The Kier molecular flexibility index (Phi) is 5.23. The van der Waals surface area contributed by atoms with E-state index >= 15 is 0 Å². The third kappa shape index (κ3) is 3.99. The second-order valence-corrected chi connectivity index (χ2v) is 6.49. The number of para-hydroxylation sites is 1. The number of rotatable bonds is 4. The highest BCUT2D eigenvalue weighted by Crippen LogP contribution is 2.23. The number of nitrogens with zero attached hydrogens (tertiary/aromatic N) is 2. The van der Waals surface area contributed by atoms with Crippen molar-refractivity contribution in [1.82, 2.24) is 4.57 Å². The van der Waals surface area contributed by atoms with Gasteiger partial charge in [0.15, 0.2) is 0 Å². The van der Waals surface area contributed by atoms with Crippen LogP contribution in [0.25, 0.3) is 11.8 Å². The second-order valence-electron chi connectivity index (χ2n) is 6.49. The third-order valence-corrected chi connectivity index (χ3v) is 4.43. The molecule has 0 fully saturated rings. The van der Waals surface area contributed by atoms with Crippen LogP contribution < -0.4 is 5.32 Å². The minimum atomic E-state index is -0.413. The van der Waals surface area contributed by atoms with Crippen LogP contribution in [-0.4, -0.2) is 10.5 Å². The number of hydrogen-bond donors (Lipinski definition) is 1. The number of nitriles is 1. The van der Waals surface area contributed by atoms with Crippen molar-refractivity contribution in [3.05, 3.63) is 88.8 Å². The van der Waals surface area contributed by atoms with Crippen molar-refractivity contribution in [3.8, 4) is 11.8 Å². The monoisotopic (exact) mass is 355 g/mol. The molecule has 1 heterocycles. The highest BCUT2D eigenvalue weighted by atomic mass is 16.1. The molecule has 3 rings (SSSR count). The van der Waals surface area contributed by atoms with Gasteiger partial charge >= 0.3 is 0 Å². The number of aromatic nitrogens is 1. The SMILES string of the molecule is Cc1cccc(-n2c(C)cc(/C=C(/C#N)C(=O)Nc3ccccc3)c2C)c1. The van der Waals surface area contributed by atoms with Crippen molar-refractivity contribution in [2.24, 2.45) is 0 Å². The summed E-state index contributed by atoms with van der Waals surface area (Å²) in [5.74, 6) is -0.413. The highest BCUT2D eigenvalue weighted by molar-refractivity contribution is 6.09. The van der Waals surface area contributed by atoms with Crippen molar-refractivity contribution in [2.75, 3.05) is 5.32 Å². The number of carbonyl (C=O) groups excluding carboxylic acids is 1. The molecule has 1 amide bonds. The molecule has 0 unspecified atom stereocenters. The summed E-state index contributed by atoms with van der Waals surface area (Å²) in [5.41, 5.74) is 5.86. The molecule has 3 aromatic rings. The van der Waals surface area contributed by atoms with Gasteiger partial charge in [-0.2, -0.15) is 5.26 Å². The summed E-state index contributed by atoms with van der Waals surface area (Å²) in [7, 11) is 0. The molecule has 0 aliphatic carbocycles. The Hall–Kier alpha value is -3.58. The summed E-state index contributed by atoms with van der Waals surface area (Å²) in [6, 6.07) is 21.4. The second kappa shape index (κ2) is 7.76. The van der Waals surface area contributed by atoms with Gasteiger partial charge in [0.05, 0.1) is 0 Å². The van der Waals surface area contributed by atoms with Crippen molar-refractivity contribution in [1.29, 1.82) is 5.26 Å². The van der Waals surface area contributed by atoms with Gasteiger partial charge < -0.3 is 9.88 Å². The smallest absolute Gasteiger partial charge is 0.266 e. The first-order chi connectivity index (χ1) is 13.0. The van der Waals surface area contributed by atoms with Gasteiger partial charge in [-0.1, -0.05) is 30.3 Å². The predicted octanol–water partition coefficient (Wildman–Crippen LogP) is 4.95. The summed E-state index contributed by atoms with van der Waals surface area (Å²) >= 11 is 0. The van der Waals surface area contributed by atoms with Gasteiger partial charge in [0.2, 0.25) is 0 Å². The first-order valence-corrected chi connectivity index (χ1v) is 8.74. The van der Waals surface area contributed by atoms with Crippen LogP contribution >= 0.6 is 0 Å². The Labute approximate surface area is 159 Å². The molecule has 2 aromatic carbocycles. The van der Waals surface area contributed by atoms with Crippen LogP contribution in [0.4, 0.5) is 5.69 Å². The van der Waals surface area contributed by atoms with Crippen molar-refractivity contribution in [2.45, 2.75) is 20.8 Å². The van der Waals surface area contributed by atoms with Gasteiger partial charge in [-0.05, 0) is 68.3 Å². The number of amides is 1. The standard InChI is InChI=1S/C23H21N3O/c1-16-8-7-11-22(12-16)26-17(2)13-19(18(26)3)14-20(15-24)23(27)25-21-9-5-4-6-10-21/h4-14H,1-3H3,(H,25,27)/b20-14-. The van der Waals surface area contributed by atoms with Crippen LogP contribution in [0.15, 0.2) is 66.2 Å². The first-order valence-electron chi connectivity index (χ1n) is 8.74. The van der Waals surface area contributed by atoms with E-state index in [-0.39, 0.29) is 5.57 Å². The van der Waals surface area contributed by atoms with E-state index in [4.69, 9.17) is 0 Å². The van der Waals surface area contributed by atoms with Crippen LogP contribution in [0, 0.1) is 32.1 Å². The van der Waals surface area contributed by atoms with Gasteiger partial charge in [-0.15, -0.1) is 0 Å². The predicted molar refractivity (Wildman–Crippen MR) is 109 cm³/mol. The molecule has 0 saturated heterocycles. The molecule has 4 nitrogen and oxygen atoms in total. The van der Waals surface area contributed by atoms with Crippen LogP contribution in [-0.2, 0) is 4.79 Å². The Morgan fingerprint density at radius 2 is 1.78 bits per heavy atom. The fourth-order valence-electron chi connectivity index (χ4n) is 3.12. The quantitative estimate of drug-likeness (QED) is 0.532. The molecular weight excluding hydrogens is 334 g/mol. The van der Waals surface area contributed by atoms with Crippen LogP contribution in [0.5, 0.6) is 0 Å². The number of anilines is 1. The molecule has 1 aromatic heterocycles. The Balaban J connectivity index is 1.95. The summed E-state index contributed by atoms with van der Waals surface area (Å²) < 4.78 is 2.13. The number of nitrogens with one attached hydrogen (secondary N) is 1. The van der Waals surface area contributed by atoms with E-state index in [2.05, 4.69) is 28.9 Å². The van der Waals surface area contributed by atoms with Gasteiger partial charge in [-0.25, -0.2) is 0 Å². The molecule has 0 radical (unpaired) electrons. The Bertz CT molecular complexity index is 1050. The van der Waals surface area contributed by atoms with Crippen molar-refractivity contribution >= 4 is 17.7 Å². The van der Waals surface area contributed by atoms with E-state index in [1.54, 1.807) is 18.2 Å². The van der Waals surface area contributed by atoms with Crippen molar-refractivity contribution in [3.63, 3.8) is 0 Å². The molecule has 27 heavy (non-hydrogen) atoms. The largest absolute Gasteiger partial charge is 0.321 e. The maximum Gasteiger partial charge on any atom is 0.266 e.